The molecular formula is C8H17ClN2O. The van der Waals surface area contributed by atoms with Crippen molar-refractivity contribution in [1.29, 1.82) is 0 Å². The molecule has 72 valence electrons. The fourth-order valence-corrected chi connectivity index (χ4v) is 1.38. The molecule has 1 aliphatic heterocycles. The maximum Gasteiger partial charge on any atom is 0.239 e. The van der Waals surface area contributed by atoms with Crippen LogP contribution >= 0.6 is 12.4 Å². The zero-order chi connectivity index (χ0) is 8.27. The van der Waals surface area contributed by atoms with Gasteiger partial charge in [0.2, 0.25) is 5.91 Å². The molecule has 1 heterocycles. The van der Waals surface area contributed by atoms with E-state index in [9.17, 15) is 4.79 Å². The molecule has 1 atom stereocenters. The van der Waals surface area contributed by atoms with Crippen molar-refractivity contribution in [2.45, 2.75) is 25.8 Å². The van der Waals surface area contributed by atoms with Gasteiger partial charge in [0.1, 0.15) is 0 Å². The summed E-state index contributed by atoms with van der Waals surface area (Å²) in [5.41, 5.74) is 0. The number of hydrogen-bond acceptors (Lipinski definition) is 2. The van der Waals surface area contributed by atoms with E-state index in [2.05, 4.69) is 12.2 Å². The molecule has 1 unspecified atom stereocenters. The maximum absolute atomic E-state index is 11.4. The maximum atomic E-state index is 11.4. The van der Waals surface area contributed by atoms with Gasteiger partial charge in [-0.25, -0.2) is 0 Å². The van der Waals surface area contributed by atoms with Crippen LogP contribution in [0.4, 0.5) is 0 Å². The van der Waals surface area contributed by atoms with E-state index in [1.165, 1.54) is 0 Å². The number of halogens is 1. The summed E-state index contributed by atoms with van der Waals surface area (Å²) < 4.78 is 0. The second-order valence-corrected chi connectivity index (χ2v) is 3.06. The third-order valence-corrected chi connectivity index (χ3v) is 2.09. The van der Waals surface area contributed by atoms with Crippen molar-refractivity contribution < 1.29 is 4.79 Å². The Morgan fingerprint density at radius 3 is 2.92 bits per heavy atom. The van der Waals surface area contributed by atoms with E-state index >= 15 is 0 Å². The van der Waals surface area contributed by atoms with Crippen LogP contribution in [0.1, 0.15) is 19.8 Å². The standard InChI is InChI=1S/C8H16N2O.ClH/c1-3-4-7-8(11)10(2)6-5-9-7;/h7,9H,3-6H2,1-2H3;1H. The lowest BCUT2D eigenvalue weighted by atomic mass is 10.1. The number of piperazine rings is 1. The quantitative estimate of drug-likeness (QED) is 0.697. The fourth-order valence-electron chi connectivity index (χ4n) is 1.38. The van der Waals surface area contributed by atoms with Gasteiger partial charge in [0, 0.05) is 20.1 Å². The van der Waals surface area contributed by atoms with Crippen LogP contribution in [0.2, 0.25) is 0 Å². The third kappa shape index (κ3) is 2.64. The Bertz CT molecular complexity index is 150. The molecule has 0 radical (unpaired) electrons. The smallest absolute Gasteiger partial charge is 0.239 e. The number of nitrogens with zero attached hydrogens (tertiary/aromatic N) is 1. The van der Waals surface area contributed by atoms with E-state index in [-0.39, 0.29) is 24.4 Å². The van der Waals surface area contributed by atoms with Crippen LogP contribution in [0.5, 0.6) is 0 Å². The molecule has 1 N–H and O–H groups in total. The van der Waals surface area contributed by atoms with Crippen LogP contribution in [0.25, 0.3) is 0 Å². The van der Waals surface area contributed by atoms with Crippen LogP contribution in [0, 0.1) is 0 Å². The Morgan fingerprint density at radius 2 is 2.33 bits per heavy atom. The molecule has 0 aliphatic carbocycles. The second kappa shape index (κ2) is 5.38. The molecule has 0 saturated carbocycles. The van der Waals surface area contributed by atoms with Gasteiger partial charge in [-0.05, 0) is 6.42 Å². The molecule has 1 amide bonds. The molecule has 3 nitrogen and oxygen atoms in total. The number of nitrogens with one attached hydrogen (secondary N) is 1. The van der Waals surface area contributed by atoms with Gasteiger partial charge in [-0.3, -0.25) is 4.79 Å². The topological polar surface area (TPSA) is 32.3 Å². The highest BCUT2D eigenvalue weighted by atomic mass is 35.5. The molecule has 0 bridgehead atoms. The number of rotatable bonds is 2. The first-order valence-electron chi connectivity index (χ1n) is 4.24. The van der Waals surface area contributed by atoms with Crippen molar-refractivity contribution in [3.63, 3.8) is 0 Å². The van der Waals surface area contributed by atoms with Crippen LogP contribution in [0.15, 0.2) is 0 Å². The average molecular weight is 193 g/mol. The minimum Gasteiger partial charge on any atom is -0.343 e. The molecule has 0 spiro atoms. The summed E-state index contributed by atoms with van der Waals surface area (Å²) in [5.74, 6) is 0.248. The Hall–Kier alpha value is -0.280. The number of amides is 1. The molecule has 0 aromatic carbocycles. The van der Waals surface area contributed by atoms with Gasteiger partial charge >= 0.3 is 0 Å². The first kappa shape index (κ1) is 11.7. The minimum atomic E-state index is 0. The van der Waals surface area contributed by atoms with E-state index in [1.54, 1.807) is 4.90 Å². The predicted octanol–water partition coefficient (Wildman–Crippen LogP) is 0.638. The highest BCUT2D eigenvalue weighted by Gasteiger charge is 2.24. The van der Waals surface area contributed by atoms with Crippen molar-refractivity contribution in [2.24, 2.45) is 0 Å². The summed E-state index contributed by atoms with van der Waals surface area (Å²) >= 11 is 0. The second-order valence-electron chi connectivity index (χ2n) is 3.06. The Labute approximate surface area is 79.9 Å². The molecule has 1 saturated heterocycles. The molecule has 0 aromatic heterocycles. The van der Waals surface area contributed by atoms with Crippen LogP contribution in [-0.4, -0.2) is 37.0 Å². The van der Waals surface area contributed by atoms with Gasteiger partial charge in [-0.2, -0.15) is 0 Å². The summed E-state index contributed by atoms with van der Waals surface area (Å²) in [5, 5.41) is 3.21. The molecule has 4 heteroatoms. The molecule has 0 aromatic rings. The summed E-state index contributed by atoms with van der Waals surface area (Å²) in [6.45, 7) is 3.88. The molecule has 1 rings (SSSR count). The lowest BCUT2D eigenvalue weighted by molar-refractivity contribution is -0.134. The van der Waals surface area contributed by atoms with Crippen LogP contribution in [0.3, 0.4) is 0 Å². The largest absolute Gasteiger partial charge is 0.343 e. The van der Waals surface area contributed by atoms with Crippen molar-refractivity contribution in [2.75, 3.05) is 20.1 Å². The average Bonchev–Trinajstić information content (AvgIpc) is 1.99. The summed E-state index contributed by atoms with van der Waals surface area (Å²) in [7, 11) is 1.87. The zero-order valence-corrected chi connectivity index (χ0v) is 8.49. The zero-order valence-electron chi connectivity index (χ0n) is 7.67. The van der Waals surface area contributed by atoms with Crippen LogP contribution < -0.4 is 5.32 Å². The fraction of sp³-hybridized carbons (Fsp3) is 0.875. The van der Waals surface area contributed by atoms with E-state index in [0.717, 1.165) is 25.9 Å². The summed E-state index contributed by atoms with van der Waals surface area (Å²) in [4.78, 5) is 13.2. The summed E-state index contributed by atoms with van der Waals surface area (Å²) in [6.07, 6.45) is 2.03. The normalized spacial score (nSPS) is 23.7. The lowest BCUT2D eigenvalue weighted by Gasteiger charge is -2.30. The van der Waals surface area contributed by atoms with E-state index in [0.29, 0.717) is 0 Å². The Morgan fingerprint density at radius 1 is 1.67 bits per heavy atom. The highest BCUT2D eigenvalue weighted by Crippen LogP contribution is 2.04. The number of hydrogen-bond donors (Lipinski definition) is 1. The van der Waals surface area contributed by atoms with E-state index in [1.807, 2.05) is 7.05 Å². The van der Waals surface area contributed by atoms with Crippen molar-refractivity contribution in [1.82, 2.24) is 10.2 Å². The van der Waals surface area contributed by atoms with E-state index < -0.39 is 0 Å². The van der Waals surface area contributed by atoms with Crippen molar-refractivity contribution in [3.05, 3.63) is 0 Å². The van der Waals surface area contributed by atoms with Gasteiger partial charge in [-0.15, -0.1) is 12.4 Å². The lowest BCUT2D eigenvalue weighted by Crippen LogP contribution is -2.53. The monoisotopic (exact) mass is 192 g/mol. The van der Waals surface area contributed by atoms with Gasteiger partial charge in [-0.1, -0.05) is 13.3 Å². The third-order valence-electron chi connectivity index (χ3n) is 2.09. The molecule has 1 fully saturated rings. The number of carbonyl (C=O) groups is 1. The van der Waals surface area contributed by atoms with Gasteiger partial charge in [0.05, 0.1) is 6.04 Å². The first-order valence-corrected chi connectivity index (χ1v) is 4.24. The minimum absolute atomic E-state index is 0. The van der Waals surface area contributed by atoms with Crippen LogP contribution in [-0.2, 0) is 4.79 Å². The number of carbonyl (C=O) groups excluding carboxylic acids is 1. The SMILES string of the molecule is CCCC1NCCN(C)C1=O.Cl. The van der Waals surface area contributed by atoms with Gasteiger partial charge < -0.3 is 10.2 Å². The Balaban J connectivity index is 0.00000121. The Kier molecular flexibility index (Phi) is 5.25. The van der Waals surface area contributed by atoms with Crippen molar-refractivity contribution >= 4 is 18.3 Å². The summed E-state index contributed by atoms with van der Waals surface area (Å²) in [6, 6.07) is 0.0822. The van der Waals surface area contributed by atoms with E-state index in [4.69, 9.17) is 0 Å². The van der Waals surface area contributed by atoms with Gasteiger partial charge in [0.15, 0.2) is 0 Å². The molecule has 1 aliphatic rings. The first-order chi connectivity index (χ1) is 5.25. The predicted molar refractivity (Wildman–Crippen MR) is 51.6 cm³/mol. The molecular weight excluding hydrogens is 176 g/mol. The molecule has 12 heavy (non-hydrogen) atoms. The number of likely N-dealkylation sites (N-methyl/N-ethyl adjacent to an activating group) is 1. The van der Waals surface area contributed by atoms with Crippen molar-refractivity contribution in [3.8, 4) is 0 Å². The van der Waals surface area contributed by atoms with Gasteiger partial charge in [0.25, 0.3) is 0 Å². The highest BCUT2D eigenvalue weighted by molar-refractivity contribution is 5.85.